The standard InChI is InChI=1S/C23H33N3O4/c1-3-21(27)26-14-6-7-17(15-26)23(29)25-20-9-5-4-8-19(20)24-22(28)16-10-12-18(30-2)13-11-16/h10-13,17,19-20H,3-9,14-15H2,1-2H3,(H,24,28)(H,25,29)/t17-,19+,20+/m0/s1. The highest BCUT2D eigenvalue weighted by molar-refractivity contribution is 5.94. The van der Waals surface area contributed by atoms with Gasteiger partial charge in [-0.05, 0) is 49.9 Å². The number of carbonyl (C=O) groups is 3. The molecule has 164 valence electrons. The molecule has 3 amide bonds. The Kier molecular flexibility index (Phi) is 7.71. The van der Waals surface area contributed by atoms with Gasteiger partial charge in [-0.3, -0.25) is 14.4 Å². The van der Waals surface area contributed by atoms with Crippen molar-refractivity contribution in [2.75, 3.05) is 20.2 Å². The highest BCUT2D eigenvalue weighted by Crippen LogP contribution is 2.22. The molecule has 3 atom stereocenters. The van der Waals surface area contributed by atoms with Crippen LogP contribution in [0.25, 0.3) is 0 Å². The van der Waals surface area contributed by atoms with Crippen molar-refractivity contribution in [3.05, 3.63) is 29.8 Å². The summed E-state index contributed by atoms with van der Waals surface area (Å²) in [5, 5.41) is 6.29. The number of likely N-dealkylation sites (tertiary alicyclic amines) is 1. The number of nitrogens with one attached hydrogen (secondary N) is 2. The van der Waals surface area contributed by atoms with E-state index in [4.69, 9.17) is 4.74 Å². The third-order valence-corrected chi connectivity index (χ3v) is 6.21. The number of ether oxygens (including phenoxy) is 1. The Morgan fingerprint density at radius 1 is 1.00 bits per heavy atom. The summed E-state index contributed by atoms with van der Waals surface area (Å²) >= 11 is 0. The first-order valence-electron chi connectivity index (χ1n) is 11.0. The van der Waals surface area contributed by atoms with E-state index in [-0.39, 0.29) is 35.7 Å². The zero-order valence-corrected chi connectivity index (χ0v) is 18.0. The summed E-state index contributed by atoms with van der Waals surface area (Å²) in [5.41, 5.74) is 0.576. The Hall–Kier alpha value is -2.57. The van der Waals surface area contributed by atoms with Crippen molar-refractivity contribution < 1.29 is 19.1 Å². The van der Waals surface area contributed by atoms with Crippen LogP contribution in [0.3, 0.4) is 0 Å². The van der Waals surface area contributed by atoms with E-state index in [2.05, 4.69) is 10.6 Å². The minimum absolute atomic E-state index is 0.000741. The lowest BCUT2D eigenvalue weighted by molar-refractivity contribution is -0.135. The Bertz CT molecular complexity index is 749. The fraction of sp³-hybridized carbons (Fsp3) is 0.609. The molecule has 0 radical (unpaired) electrons. The molecule has 7 nitrogen and oxygen atoms in total. The number of methoxy groups -OCH3 is 1. The maximum atomic E-state index is 12.9. The number of piperidine rings is 1. The molecule has 1 aliphatic carbocycles. The number of rotatable bonds is 6. The second-order valence-corrected chi connectivity index (χ2v) is 8.24. The zero-order valence-electron chi connectivity index (χ0n) is 18.0. The lowest BCUT2D eigenvalue weighted by Crippen LogP contribution is -2.55. The number of hydrogen-bond donors (Lipinski definition) is 2. The quantitative estimate of drug-likeness (QED) is 0.747. The third-order valence-electron chi connectivity index (χ3n) is 6.21. The first-order valence-corrected chi connectivity index (χ1v) is 11.0. The topological polar surface area (TPSA) is 87.7 Å². The fourth-order valence-corrected chi connectivity index (χ4v) is 4.41. The molecule has 2 aliphatic rings. The molecule has 30 heavy (non-hydrogen) atoms. The van der Waals surface area contributed by atoms with Crippen LogP contribution in [0, 0.1) is 5.92 Å². The van der Waals surface area contributed by atoms with Crippen molar-refractivity contribution in [2.45, 2.75) is 64.0 Å². The number of hydrogen-bond acceptors (Lipinski definition) is 4. The molecule has 1 heterocycles. The number of amides is 3. The van der Waals surface area contributed by atoms with Crippen LogP contribution in [-0.2, 0) is 9.59 Å². The van der Waals surface area contributed by atoms with E-state index in [9.17, 15) is 14.4 Å². The van der Waals surface area contributed by atoms with Crippen molar-refractivity contribution in [1.29, 1.82) is 0 Å². The molecule has 2 fully saturated rings. The molecule has 7 heteroatoms. The van der Waals surface area contributed by atoms with Crippen LogP contribution in [-0.4, -0.2) is 54.9 Å². The summed E-state index contributed by atoms with van der Waals surface area (Å²) in [6.07, 6.45) is 5.88. The average Bonchev–Trinajstić information content (AvgIpc) is 2.79. The normalized spacial score (nSPS) is 24.1. The van der Waals surface area contributed by atoms with E-state index in [0.29, 0.717) is 24.3 Å². The van der Waals surface area contributed by atoms with E-state index in [1.54, 1.807) is 36.3 Å². The molecule has 3 rings (SSSR count). The molecule has 1 saturated carbocycles. The predicted octanol–water partition coefficient (Wildman–Crippen LogP) is 2.50. The summed E-state index contributed by atoms with van der Waals surface area (Å²) < 4.78 is 5.14. The second kappa shape index (κ2) is 10.5. The van der Waals surface area contributed by atoms with Gasteiger partial charge in [-0.25, -0.2) is 0 Å². The van der Waals surface area contributed by atoms with Gasteiger partial charge < -0.3 is 20.3 Å². The van der Waals surface area contributed by atoms with Gasteiger partial charge in [-0.2, -0.15) is 0 Å². The van der Waals surface area contributed by atoms with E-state index >= 15 is 0 Å². The van der Waals surface area contributed by atoms with Gasteiger partial charge in [0.25, 0.3) is 5.91 Å². The largest absolute Gasteiger partial charge is 0.497 e. The Labute approximate surface area is 178 Å². The van der Waals surface area contributed by atoms with Crippen LogP contribution < -0.4 is 15.4 Å². The molecule has 0 bridgehead atoms. The number of benzene rings is 1. The average molecular weight is 416 g/mol. The summed E-state index contributed by atoms with van der Waals surface area (Å²) in [5.74, 6) is 0.502. The van der Waals surface area contributed by atoms with Gasteiger partial charge in [0.1, 0.15) is 5.75 Å². The van der Waals surface area contributed by atoms with Gasteiger partial charge in [-0.1, -0.05) is 19.8 Å². The monoisotopic (exact) mass is 415 g/mol. The summed E-state index contributed by atoms with van der Waals surface area (Å²) in [6, 6.07) is 6.85. The van der Waals surface area contributed by atoms with Crippen molar-refractivity contribution in [1.82, 2.24) is 15.5 Å². The van der Waals surface area contributed by atoms with Gasteiger partial charge in [-0.15, -0.1) is 0 Å². The first kappa shape index (κ1) is 22.1. The Morgan fingerprint density at radius 3 is 2.30 bits per heavy atom. The predicted molar refractivity (Wildman–Crippen MR) is 114 cm³/mol. The van der Waals surface area contributed by atoms with Crippen LogP contribution in [0.15, 0.2) is 24.3 Å². The molecular weight excluding hydrogens is 382 g/mol. The Balaban J connectivity index is 1.58. The van der Waals surface area contributed by atoms with Gasteiger partial charge in [0.2, 0.25) is 11.8 Å². The zero-order chi connectivity index (χ0) is 21.5. The summed E-state index contributed by atoms with van der Waals surface area (Å²) in [6.45, 7) is 3.08. The lowest BCUT2D eigenvalue weighted by atomic mass is 9.88. The molecule has 2 N–H and O–H groups in total. The maximum Gasteiger partial charge on any atom is 0.251 e. The minimum Gasteiger partial charge on any atom is -0.497 e. The minimum atomic E-state index is -0.172. The smallest absolute Gasteiger partial charge is 0.251 e. The molecule has 0 aromatic heterocycles. The number of nitrogens with zero attached hydrogens (tertiary/aromatic N) is 1. The summed E-state index contributed by atoms with van der Waals surface area (Å²) in [7, 11) is 1.59. The molecule has 1 aromatic carbocycles. The van der Waals surface area contributed by atoms with Crippen molar-refractivity contribution >= 4 is 17.7 Å². The highest BCUT2D eigenvalue weighted by Gasteiger charge is 2.32. The fourth-order valence-electron chi connectivity index (χ4n) is 4.41. The number of carbonyl (C=O) groups excluding carboxylic acids is 3. The van der Waals surface area contributed by atoms with Gasteiger partial charge in [0, 0.05) is 37.2 Å². The van der Waals surface area contributed by atoms with Crippen LogP contribution in [0.5, 0.6) is 5.75 Å². The van der Waals surface area contributed by atoms with E-state index in [1.165, 1.54) is 0 Å². The molecule has 1 aliphatic heterocycles. The van der Waals surface area contributed by atoms with Crippen LogP contribution in [0.4, 0.5) is 0 Å². The molecule has 1 saturated heterocycles. The highest BCUT2D eigenvalue weighted by atomic mass is 16.5. The van der Waals surface area contributed by atoms with Crippen LogP contribution in [0.1, 0.15) is 62.2 Å². The van der Waals surface area contributed by atoms with Gasteiger partial charge in [0.15, 0.2) is 0 Å². The van der Waals surface area contributed by atoms with E-state index < -0.39 is 0 Å². The second-order valence-electron chi connectivity index (χ2n) is 8.24. The lowest BCUT2D eigenvalue weighted by Gasteiger charge is -2.36. The van der Waals surface area contributed by atoms with Crippen LogP contribution >= 0.6 is 0 Å². The van der Waals surface area contributed by atoms with E-state index in [1.807, 2.05) is 6.92 Å². The van der Waals surface area contributed by atoms with Crippen molar-refractivity contribution in [3.8, 4) is 5.75 Å². The Morgan fingerprint density at radius 2 is 1.67 bits per heavy atom. The molecule has 1 aromatic rings. The third kappa shape index (κ3) is 5.52. The van der Waals surface area contributed by atoms with Crippen LogP contribution in [0.2, 0.25) is 0 Å². The van der Waals surface area contributed by atoms with Gasteiger partial charge in [0.05, 0.1) is 13.0 Å². The molecular formula is C23H33N3O4. The first-order chi connectivity index (χ1) is 14.5. The SMILES string of the molecule is CCC(=O)N1CCC[C@H](C(=O)N[C@@H]2CCCC[C@H]2NC(=O)c2ccc(OC)cc2)C1. The van der Waals surface area contributed by atoms with Crippen molar-refractivity contribution in [3.63, 3.8) is 0 Å². The molecule has 0 unspecified atom stereocenters. The molecule has 0 spiro atoms. The maximum absolute atomic E-state index is 12.9. The van der Waals surface area contributed by atoms with Crippen molar-refractivity contribution in [2.24, 2.45) is 5.92 Å². The van der Waals surface area contributed by atoms with Gasteiger partial charge >= 0.3 is 0 Å². The van der Waals surface area contributed by atoms with E-state index in [0.717, 1.165) is 45.1 Å². The summed E-state index contributed by atoms with van der Waals surface area (Å²) in [4.78, 5) is 39.4.